The fourth-order valence-electron chi connectivity index (χ4n) is 6.61. The maximum absolute atomic E-state index is 12.8. The number of esters is 3. The molecular formula is C56H92O6. The maximum Gasteiger partial charge on any atom is 0.306 e. The minimum atomic E-state index is -0.810. The molecule has 62 heavy (non-hydrogen) atoms. The summed E-state index contributed by atoms with van der Waals surface area (Å²) >= 11 is 0. The molecule has 0 amide bonds. The highest BCUT2D eigenvalue weighted by Gasteiger charge is 2.19. The molecule has 0 heterocycles. The molecule has 0 N–H and O–H groups in total. The SMILES string of the molecule is CC/C=C/C=C/C=C/CCCCCCCC(=O)OCC(COC(=O)CCC/C=C/C/C=C/C/C=C/CCCCCCCC)OC(=O)CCCCCCCCC/C=C/C/C=C/CC. The number of ether oxygens (including phenoxy) is 3. The van der Waals surface area contributed by atoms with Crippen molar-refractivity contribution in [1.29, 1.82) is 0 Å². The first kappa shape index (κ1) is 58.3. The average Bonchev–Trinajstić information content (AvgIpc) is 3.27. The summed E-state index contributed by atoms with van der Waals surface area (Å²) in [6.07, 6.45) is 65.4. The zero-order chi connectivity index (χ0) is 45.1. The Morgan fingerprint density at radius 3 is 1.23 bits per heavy atom. The summed E-state index contributed by atoms with van der Waals surface area (Å²) in [7, 11) is 0. The molecule has 1 unspecified atom stereocenters. The van der Waals surface area contributed by atoms with E-state index in [4.69, 9.17) is 14.2 Å². The van der Waals surface area contributed by atoms with Crippen LogP contribution < -0.4 is 0 Å². The number of carbonyl (C=O) groups excluding carboxylic acids is 3. The van der Waals surface area contributed by atoms with Gasteiger partial charge in [0.1, 0.15) is 13.2 Å². The number of rotatable bonds is 44. The normalized spacial score (nSPS) is 12.9. The van der Waals surface area contributed by atoms with E-state index in [9.17, 15) is 14.4 Å². The van der Waals surface area contributed by atoms with Gasteiger partial charge in [-0.05, 0) is 96.3 Å². The van der Waals surface area contributed by atoms with Crippen molar-refractivity contribution in [2.75, 3.05) is 13.2 Å². The van der Waals surface area contributed by atoms with Gasteiger partial charge in [-0.25, -0.2) is 0 Å². The third-order valence-corrected chi connectivity index (χ3v) is 10.4. The highest BCUT2D eigenvalue weighted by molar-refractivity contribution is 5.71. The van der Waals surface area contributed by atoms with Crippen LogP contribution in [0.15, 0.2) is 97.2 Å². The molecule has 0 aliphatic carbocycles. The highest BCUT2D eigenvalue weighted by atomic mass is 16.6. The fourth-order valence-corrected chi connectivity index (χ4v) is 6.61. The molecule has 352 valence electrons. The summed E-state index contributed by atoms with van der Waals surface area (Å²) in [6.45, 7) is 6.31. The second kappa shape index (κ2) is 50.0. The van der Waals surface area contributed by atoms with Crippen molar-refractivity contribution in [3.63, 3.8) is 0 Å². The Balaban J connectivity index is 4.50. The largest absolute Gasteiger partial charge is 0.462 e. The Morgan fingerprint density at radius 2 is 0.726 bits per heavy atom. The summed E-state index contributed by atoms with van der Waals surface area (Å²) in [4.78, 5) is 37.9. The Morgan fingerprint density at radius 1 is 0.355 bits per heavy atom. The van der Waals surface area contributed by atoms with E-state index in [1.54, 1.807) is 0 Å². The molecule has 6 heteroatoms. The third-order valence-electron chi connectivity index (χ3n) is 10.4. The van der Waals surface area contributed by atoms with Crippen LogP contribution in [0.4, 0.5) is 0 Å². The number of allylic oxidation sites excluding steroid dienone is 16. The molecule has 0 fully saturated rings. The Labute approximate surface area is 381 Å². The molecule has 0 aromatic rings. The van der Waals surface area contributed by atoms with E-state index in [2.05, 4.69) is 118 Å². The Bertz CT molecular complexity index is 1260. The molecule has 0 radical (unpaired) electrons. The standard InChI is InChI=1S/C56H92O6/c1-4-7-10-13-16-19-22-25-27-28-29-32-34-37-40-43-46-49-55(58)61-52-53(51-60-54(57)48-45-42-39-36-33-30-24-21-18-15-12-9-6-3)62-56(59)50-47-44-41-38-35-31-26-23-20-17-14-11-8-5-2/h8-9,11-12,15,17-18,20-21,24-25,27,29,32,37,40,53H,4-7,10,13-14,16,19,22-23,26,28,30-31,33-36,38-39,41-52H2,1-3H3/b11-8+,12-9+,18-15+,20-17+,24-21+,27-25+,32-29+,40-37+. The van der Waals surface area contributed by atoms with Crippen molar-refractivity contribution in [3.8, 4) is 0 Å². The van der Waals surface area contributed by atoms with Crippen LogP contribution in [0, 0.1) is 0 Å². The van der Waals surface area contributed by atoms with E-state index >= 15 is 0 Å². The molecule has 0 rings (SSSR count). The van der Waals surface area contributed by atoms with Crippen LogP contribution in [0.2, 0.25) is 0 Å². The number of carbonyl (C=O) groups is 3. The van der Waals surface area contributed by atoms with Gasteiger partial charge in [-0.3, -0.25) is 14.4 Å². The van der Waals surface area contributed by atoms with Crippen molar-refractivity contribution in [2.24, 2.45) is 0 Å². The van der Waals surface area contributed by atoms with Gasteiger partial charge in [-0.2, -0.15) is 0 Å². The topological polar surface area (TPSA) is 78.9 Å². The first-order valence-electron chi connectivity index (χ1n) is 25.3. The van der Waals surface area contributed by atoms with E-state index < -0.39 is 6.10 Å². The third kappa shape index (κ3) is 47.4. The lowest BCUT2D eigenvalue weighted by molar-refractivity contribution is -0.167. The van der Waals surface area contributed by atoms with Crippen molar-refractivity contribution in [2.45, 2.75) is 226 Å². The smallest absolute Gasteiger partial charge is 0.306 e. The van der Waals surface area contributed by atoms with Crippen LogP contribution in [0.1, 0.15) is 220 Å². The van der Waals surface area contributed by atoms with Crippen LogP contribution in [0.3, 0.4) is 0 Å². The first-order chi connectivity index (χ1) is 30.5. The zero-order valence-electron chi connectivity index (χ0n) is 40.1. The minimum Gasteiger partial charge on any atom is -0.462 e. The highest BCUT2D eigenvalue weighted by Crippen LogP contribution is 2.13. The van der Waals surface area contributed by atoms with E-state index in [1.807, 2.05) is 0 Å². The second-order valence-electron chi connectivity index (χ2n) is 16.4. The summed E-state index contributed by atoms with van der Waals surface area (Å²) in [6, 6.07) is 0. The summed E-state index contributed by atoms with van der Waals surface area (Å²) < 4.78 is 16.7. The lowest BCUT2D eigenvalue weighted by Crippen LogP contribution is -2.30. The average molecular weight is 861 g/mol. The fraction of sp³-hybridized carbons (Fsp3) is 0.661. The van der Waals surface area contributed by atoms with Crippen LogP contribution in [-0.4, -0.2) is 37.2 Å². The van der Waals surface area contributed by atoms with Gasteiger partial charge in [0.05, 0.1) is 0 Å². The van der Waals surface area contributed by atoms with Gasteiger partial charge in [0.15, 0.2) is 6.10 Å². The van der Waals surface area contributed by atoms with Crippen LogP contribution >= 0.6 is 0 Å². The molecule has 0 aliphatic rings. The summed E-state index contributed by atoms with van der Waals surface area (Å²) in [5.41, 5.74) is 0. The van der Waals surface area contributed by atoms with Gasteiger partial charge in [-0.15, -0.1) is 0 Å². The number of hydrogen-bond donors (Lipinski definition) is 0. The predicted octanol–water partition coefficient (Wildman–Crippen LogP) is 16.6. The predicted molar refractivity (Wildman–Crippen MR) is 265 cm³/mol. The lowest BCUT2D eigenvalue weighted by atomic mass is 10.1. The van der Waals surface area contributed by atoms with Crippen LogP contribution in [0.25, 0.3) is 0 Å². The Hall–Kier alpha value is -3.67. The van der Waals surface area contributed by atoms with Gasteiger partial charge >= 0.3 is 17.9 Å². The van der Waals surface area contributed by atoms with Gasteiger partial charge < -0.3 is 14.2 Å². The van der Waals surface area contributed by atoms with Crippen molar-refractivity contribution >= 4 is 17.9 Å². The monoisotopic (exact) mass is 861 g/mol. The molecule has 0 aliphatic heterocycles. The van der Waals surface area contributed by atoms with E-state index in [1.165, 1.54) is 70.6 Å². The van der Waals surface area contributed by atoms with E-state index in [0.29, 0.717) is 19.3 Å². The molecule has 0 aromatic carbocycles. The van der Waals surface area contributed by atoms with Gasteiger partial charge in [0.2, 0.25) is 0 Å². The molecule has 6 nitrogen and oxygen atoms in total. The quantitative estimate of drug-likeness (QED) is 0.0200. The van der Waals surface area contributed by atoms with Gasteiger partial charge in [0.25, 0.3) is 0 Å². The van der Waals surface area contributed by atoms with E-state index in [0.717, 1.165) is 103 Å². The molecule has 0 spiro atoms. The van der Waals surface area contributed by atoms with Crippen LogP contribution in [-0.2, 0) is 28.6 Å². The number of hydrogen-bond acceptors (Lipinski definition) is 6. The van der Waals surface area contributed by atoms with Crippen LogP contribution in [0.5, 0.6) is 0 Å². The number of unbranched alkanes of at least 4 members (excludes halogenated alkanes) is 19. The molecule has 0 aromatic heterocycles. The summed E-state index contributed by atoms with van der Waals surface area (Å²) in [5.74, 6) is -0.995. The van der Waals surface area contributed by atoms with Crippen molar-refractivity contribution in [3.05, 3.63) is 97.2 Å². The Kier molecular flexibility index (Phi) is 47.0. The maximum atomic E-state index is 12.8. The van der Waals surface area contributed by atoms with E-state index in [-0.39, 0.29) is 37.5 Å². The molecule has 1 atom stereocenters. The second-order valence-corrected chi connectivity index (χ2v) is 16.4. The van der Waals surface area contributed by atoms with Crippen molar-refractivity contribution in [1.82, 2.24) is 0 Å². The van der Waals surface area contributed by atoms with Gasteiger partial charge in [0, 0.05) is 19.3 Å². The minimum absolute atomic E-state index is 0.108. The summed E-state index contributed by atoms with van der Waals surface area (Å²) in [5, 5.41) is 0. The molecular weight excluding hydrogens is 769 g/mol. The van der Waals surface area contributed by atoms with Gasteiger partial charge in [-0.1, -0.05) is 201 Å². The van der Waals surface area contributed by atoms with Crippen molar-refractivity contribution < 1.29 is 28.6 Å². The molecule has 0 saturated carbocycles. The first-order valence-corrected chi connectivity index (χ1v) is 25.3. The molecule has 0 bridgehead atoms. The zero-order valence-corrected chi connectivity index (χ0v) is 40.1. The molecule has 0 saturated heterocycles. The lowest BCUT2D eigenvalue weighted by Gasteiger charge is -2.18.